The number of nitrogens with two attached hydrogens (primary N) is 1. The van der Waals surface area contributed by atoms with Crippen molar-refractivity contribution in [1.29, 1.82) is 5.41 Å². The first kappa shape index (κ1) is 29.0. The molecule has 0 aliphatic rings. The Bertz CT molecular complexity index is 1300. The number of benzene rings is 2. The molecule has 2 rings (SSSR count). The average molecular weight is 528 g/mol. The summed E-state index contributed by atoms with van der Waals surface area (Å²) in [5.74, 6) is -1.50. The van der Waals surface area contributed by atoms with Gasteiger partial charge in [0.2, 0.25) is 5.91 Å². The molecule has 0 unspecified atom stereocenters. The fourth-order valence-corrected chi connectivity index (χ4v) is 3.62. The molecule has 0 spiro atoms. The van der Waals surface area contributed by atoms with E-state index < -0.39 is 22.1 Å². The van der Waals surface area contributed by atoms with Crippen LogP contribution in [0.1, 0.15) is 41.3 Å². The maximum atomic E-state index is 12.9. The van der Waals surface area contributed by atoms with Gasteiger partial charge < -0.3 is 19.6 Å². The summed E-state index contributed by atoms with van der Waals surface area (Å²) in [7, 11) is -3.87. The SMILES string of the molecule is C=CCN(CCCC(=O)OS(C)(=O)=O)C(=O)/C(C)=C/c1ccc(C(=O)Oc2ccc(C(=N)N)cc2)cc1. The van der Waals surface area contributed by atoms with Crippen LogP contribution in [0.25, 0.3) is 6.08 Å². The van der Waals surface area contributed by atoms with E-state index in [-0.39, 0.29) is 37.7 Å². The maximum absolute atomic E-state index is 12.9. The number of hydrogen-bond donors (Lipinski definition) is 2. The number of amides is 1. The highest BCUT2D eigenvalue weighted by molar-refractivity contribution is 7.86. The Morgan fingerprint density at radius 3 is 2.19 bits per heavy atom. The zero-order chi connectivity index (χ0) is 27.6. The van der Waals surface area contributed by atoms with E-state index in [9.17, 15) is 22.8 Å². The van der Waals surface area contributed by atoms with Crippen LogP contribution in [0.4, 0.5) is 0 Å². The Kier molecular flexibility index (Phi) is 10.3. The van der Waals surface area contributed by atoms with E-state index in [4.69, 9.17) is 15.9 Å². The lowest BCUT2D eigenvalue weighted by atomic mass is 10.1. The van der Waals surface area contributed by atoms with Crippen molar-refractivity contribution < 1.29 is 31.7 Å². The first-order valence-corrected chi connectivity index (χ1v) is 13.0. The van der Waals surface area contributed by atoms with E-state index in [1.54, 1.807) is 67.6 Å². The number of ether oxygens (including phenoxy) is 1. The van der Waals surface area contributed by atoms with E-state index in [2.05, 4.69) is 10.8 Å². The molecule has 2 aromatic rings. The number of rotatable bonds is 12. The molecule has 2 aromatic carbocycles. The molecule has 0 aliphatic carbocycles. The van der Waals surface area contributed by atoms with Gasteiger partial charge in [-0.2, -0.15) is 8.42 Å². The largest absolute Gasteiger partial charge is 0.423 e. The molecule has 1 amide bonds. The van der Waals surface area contributed by atoms with Crippen LogP contribution in [0.2, 0.25) is 0 Å². The smallest absolute Gasteiger partial charge is 0.343 e. The molecule has 10 nitrogen and oxygen atoms in total. The Morgan fingerprint density at radius 2 is 1.65 bits per heavy atom. The molecule has 3 N–H and O–H groups in total. The average Bonchev–Trinajstić information content (AvgIpc) is 2.82. The summed E-state index contributed by atoms with van der Waals surface area (Å²) in [6.45, 7) is 5.73. The zero-order valence-corrected chi connectivity index (χ0v) is 21.4. The van der Waals surface area contributed by atoms with Crippen LogP contribution < -0.4 is 10.5 Å². The number of carbonyl (C=O) groups excluding carboxylic acids is 3. The summed E-state index contributed by atoms with van der Waals surface area (Å²) >= 11 is 0. The summed E-state index contributed by atoms with van der Waals surface area (Å²) < 4.78 is 31.7. The summed E-state index contributed by atoms with van der Waals surface area (Å²) in [5.41, 5.74) is 7.34. The lowest BCUT2D eigenvalue weighted by Crippen LogP contribution is -2.33. The van der Waals surface area contributed by atoms with Crippen molar-refractivity contribution in [3.8, 4) is 5.75 Å². The molecule has 0 heterocycles. The second kappa shape index (κ2) is 13.2. The Morgan fingerprint density at radius 1 is 1.05 bits per heavy atom. The summed E-state index contributed by atoms with van der Waals surface area (Å²) in [6, 6.07) is 12.7. The summed E-state index contributed by atoms with van der Waals surface area (Å²) in [5, 5.41) is 7.39. The predicted molar refractivity (Wildman–Crippen MR) is 139 cm³/mol. The van der Waals surface area contributed by atoms with Gasteiger partial charge in [0.25, 0.3) is 0 Å². The summed E-state index contributed by atoms with van der Waals surface area (Å²) in [4.78, 5) is 38.4. The lowest BCUT2D eigenvalue weighted by Gasteiger charge is -2.21. The third kappa shape index (κ3) is 9.73. The number of hydrogen-bond acceptors (Lipinski definition) is 8. The van der Waals surface area contributed by atoms with Crippen molar-refractivity contribution in [2.75, 3.05) is 19.3 Å². The fourth-order valence-electron chi connectivity index (χ4n) is 3.20. The van der Waals surface area contributed by atoms with Crippen molar-refractivity contribution in [3.05, 3.63) is 83.4 Å². The topological polar surface area (TPSA) is 157 Å². The molecule has 11 heteroatoms. The molecule has 0 fully saturated rings. The normalized spacial score (nSPS) is 11.4. The van der Waals surface area contributed by atoms with Crippen LogP contribution in [0, 0.1) is 5.41 Å². The van der Waals surface area contributed by atoms with Gasteiger partial charge in [-0.05, 0) is 61.4 Å². The highest BCUT2D eigenvalue weighted by Crippen LogP contribution is 2.16. The predicted octanol–water partition coefficient (Wildman–Crippen LogP) is 2.89. The zero-order valence-electron chi connectivity index (χ0n) is 20.6. The van der Waals surface area contributed by atoms with Gasteiger partial charge in [-0.1, -0.05) is 18.2 Å². The van der Waals surface area contributed by atoms with Gasteiger partial charge in [-0.3, -0.25) is 15.0 Å². The van der Waals surface area contributed by atoms with Gasteiger partial charge in [0.1, 0.15) is 11.6 Å². The van der Waals surface area contributed by atoms with Crippen molar-refractivity contribution in [2.45, 2.75) is 19.8 Å². The summed E-state index contributed by atoms with van der Waals surface area (Å²) in [6.07, 6.45) is 4.06. The van der Waals surface area contributed by atoms with E-state index in [0.717, 1.165) is 6.26 Å². The van der Waals surface area contributed by atoms with Crippen molar-refractivity contribution in [1.82, 2.24) is 4.90 Å². The highest BCUT2D eigenvalue weighted by atomic mass is 32.2. The van der Waals surface area contributed by atoms with Crippen LogP contribution in [0.15, 0.2) is 66.8 Å². The van der Waals surface area contributed by atoms with Gasteiger partial charge >= 0.3 is 22.1 Å². The third-order valence-electron chi connectivity index (χ3n) is 4.93. The molecule has 0 atom stereocenters. The number of nitrogens with zero attached hydrogens (tertiary/aromatic N) is 1. The maximum Gasteiger partial charge on any atom is 0.343 e. The number of esters is 1. The van der Waals surface area contributed by atoms with Gasteiger partial charge in [-0.15, -0.1) is 6.58 Å². The van der Waals surface area contributed by atoms with Crippen molar-refractivity contribution >= 4 is 39.9 Å². The highest BCUT2D eigenvalue weighted by Gasteiger charge is 2.17. The van der Waals surface area contributed by atoms with Gasteiger partial charge in [0, 0.05) is 30.6 Å². The molecule has 0 saturated heterocycles. The van der Waals surface area contributed by atoms with E-state index in [1.165, 1.54) is 4.90 Å². The number of amidine groups is 1. The lowest BCUT2D eigenvalue weighted by molar-refractivity contribution is -0.134. The quantitative estimate of drug-likeness (QED) is 0.0811. The van der Waals surface area contributed by atoms with Crippen LogP contribution in [-0.2, 0) is 23.9 Å². The second-order valence-electron chi connectivity index (χ2n) is 8.08. The van der Waals surface area contributed by atoms with Crippen LogP contribution in [-0.4, -0.2) is 56.3 Å². The van der Waals surface area contributed by atoms with E-state index in [0.29, 0.717) is 28.0 Å². The molecule has 0 saturated carbocycles. The van der Waals surface area contributed by atoms with Gasteiger partial charge in [0.15, 0.2) is 0 Å². The molecule has 196 valence electrons. The fraction of sp³-hybridized carbons (Fsp3) is 0.231. The van der Waals surface area contributed by atoms with Gasteiger partial charge in [0.05, 0.1) is 11.8 Å². The van der Waals surface area contributed by atoms with Crippen LogP contribution >= 0.6 is 0 Å². The first-order chi connectivity index (χ1) is 17.4. The minimum Gasteiger partial charge on any atom is -0.423 e. The van der Waals surface area contributed by atoms with E-state index >= 15 is 0 Å². The minimum absolute atomic E-state index is 0.0859. The standard InChI is InChI=1S/C26H29N3O7S/c1-4-15-29(16-5-6-23(30)36-37(3,33)34)25(31)18(2)17-19-7-9-21(10-8-19)26(32)35-22-13-11-20(12-14-22)24(27)28/h4,7-14,17H,1,5-6,15-16H2,2-3H3,(H3,27,28)/b18-17+. The minimum atomic E-state index is -3.87. The van der Waals surface area contributed by atoms with Crippen LogP contribution in [0.3, 0.4) is 0 Å². The first-order valence-electron chi connectivity index (χ1n) is 11.2. The Labute approximate surface area is 216 Å². The number of nitrogen functional groups attached to an aromatic ring is 1. The third-order valence-corrected chi connectivity index (χ3v) is 5.42. The molecule has 0 radical (unpaired) electrons. The number of nitrogens with one attached hydrogen (secondary N) is 1. The second-order valence-corrected chi connectivity index (χ2v) is 9.65. The van der Waals surface area contributed by atoms with Crippen molar-refractivity contribution in [3.63, 3.8) is 0 Å². The van der Waals surface area contributed by atoms with Crippen molar-refractivity contribution in [2.24, 2.45) is 5.73 Å². The molecular formula is C26H29N3O7S. The molecular weight excluding hydrogens is 498 g/mol. The Balaban J connectivity index is 2.00. The molecule has 0 aromatic heterocycles. The molecule has 0 bridgehead atoms. The van der Waals surface area contributed by atoms with Crippen LogP contribution in [0.5, 0.6) is 5.75 Å². The number of carbonyl (C=O) groups is 3. The monoisotopic (exact) mass is 527 g/mol. The van der Waals surface area contributed by atoms with Gasteiger partial charge in [-0.25, -0.2) is 4.79 Å². The molecule has 0 aliphatic heterocycles. The molecule has 37 heavy (non-hydrogen) atoms. The van der Waals surface area contributed by atoms with E-state index in [1.807, 2.05) is 0 Å². The Hall–Kier alpha value is -4.25.